The molecule has 3 aliphatic rings. The van der Waals surface area contributed by atoms with Crippen LogP contribution in [0.2, 0.25) is 0 Å². The minimum atomic E-state index is 0.214. The molecular formula is C29H47NO. The van der Waals surface area contributed by atoms with E-state index in [9.17, 15) is 0 Å². The van der Waals surface area contributed by atoms with Crippen LogP contribution in [0, 0.1) is 11.8 Å². The first-order valence-electron chi connectivity index (χ1n) is 13.3. The molecule has 1 N–H and O–H groups in total. The lowest BCUT2D eigenvalue weighted by molar-refractivity contribution is 0.0146. The summed E-state index contributed by atoms with van der Waals surface area (Å²) in [7, 11) is 0. The Morgan fingerprint density at radius 1 is 0.710 bits per heavy atom. The third-order valence-corrected chi connectivity index (χ3v) is 8.63. The smallest absolute Gasteiger partial charge is 0.0575 e. The van der Waals surface area contributed by atoms with Crippen LogP contribution in [0.1, 0.15) is 122 Å². The fourth-order valence-corrected chi connectivity index (χ4v) is 7.48. The molecule has 0 radical (unpaired) electrons. The normalized spacial score (nSPS) is 33.8. The number of piperidine rings is 1. The van der Waals surface area contributed by atoms with Crippen LogP contribution < -0.4 is 5.32 Å². The number of nitrogens with one attached hydrogen (secondary N) is 1. The van der Waals surface area contributed by atoms with Crippen LogP contribution in [0.25, 0.3) is 0 Å². The van der Waals surface area contributed by atoms with Crippen molar-refractivity contribution in [1.29, 1.82) is 0 Å². The Morgan fingerprint density at radius 2 is 1.16 bits per heavy atom. The van der Waals surface area contributed by atoms with Crippen LogP contribution >= 0.6 is 0 Å². The third-order valence-electron chi connectivity index (χ3n) is 8.63. The Balaban J connectivity index is 1.30. The lowest BCUT2D eigenvalue weighted by Crippen LogP contribution is -2.57. The zero-order chi connectivity index (χ0) is 22.1. The van der Waals surface area contributed by atoms with Gasteiger partial charge in [-0.05, 0) is 134 Å². The zero-order valence-corrected chi connectivity index (χ0v) is 20.9. The molecule has 0 amide bonds. The summed E-state index contributed by atoms with van der Waals surface area (Å²) in [6.45, 7) is 12.4. The number of rotatable bonds is 5. The van der Waals surface area contributed by atoms with E-state index >= 15 is 0 Å². The van der Waals surface area contributed by atoms with E-state index in [4.69, 9.17) is 4.74 Å². The van der Waals surface area contributed by atoms with Crippen molar-refractivity contribution in [2.75, 3.05) is 6.61 Å². The summed E-state index contributed by atoms with van der Waals surface area (Å²) >= 11 is 0. The number of hydrogen-bond donors (Lipinski definition) is 1. The SMILES string of the molecule is CCOC1CCC(C2CCC(c3ccc(C4CC(C)(C)NC(C)(C)C4)cc3)CC2)CC1. The van der Waals surface area contributed by atoms with Gasteiger partial charge in [0.05, 0.1) is 6.10 Å². The predicted octanol–water partition coefficient (Wildman–Crippen LogP) is 7.58. The average molecular weight is 426 g/mol. The molecule has 0 bridgehead atoms. The maximum Gasteiger partial charge on any atom is 0.0575 e. The summed E-state index contributed by atoms with van der Waals surface area (Å²) < 4.78 is 5.87. The average Bonchev–Trinajstić information content (AvgIpc) is 2.73. The maximum absolute atomic E-state index is 5.87. The van der Waals surface area contributed by atoms with Gasteiger partial charge < -0.3 is 10.1 Å². The van der Waals surface area contributed by atoms with E-state index in [-0.39, 0.29) is 11.1 Å². The molecule has 1 saturated heterocycles. The molecule has 1 aromatic carbocycles. The highest BCUT2D eigenvalue weighted by Crippen LogP contribution is 2.44. The van der Waals surface area contributed by atoms with Crippen molar-refractivity contribution in [2.45, 2.75) is 128 Å². The molecule has 0 spiro atoms. The second-order valence-electron chi connectivity index (χ2n) is 12.3. The molecule has 31 heavy (non-hydrogen) atoms. The molecule has 2 nitrogen and oxygen atoms in total. The Hall–Kier alpha value is -0.860. The first-order valence-corrected chi connectivity index (χ1v) is 13.3. The van der Waals surface area contributed by atoms with Crippen molar-refractivity contribution in [2.24, 2.45) is 11.8 Å². The molecule has 174 valence electrons. The summed E-state index contributed by atoms with van der Waals surface area (Å²) in [4.78, 5) is 0. The molecule has 1 aromatic rings. The van der Waals surface area contributed by atoms with Crippen molar-refractivity contribution in [3.8, 4) is 0 Å². The second-order valence-corrected chi connectivity index (χ2v) is 12.3. The maximum atomic E-state index is 5.87. The van der Waals surface area contributed by atoms with Crippen LogP contribution in [0.5, 0.6) is 0 Å². The second kappa shape index (κ2) is 9.56. The van der Waals surface area contributed by atoms with Crippen molar-refractivity contribution in [1.82, 2.24) is 5.32 Å². The Kier molecular flexibility index (Phi) is 7.18. The van der Waals surface area contributed by atoms with Gasteiger partial charge in [0.25, 0.3) is 0 Å². The minimum absolute atomic E-state index is 0.214. The van der Waals surface area contributed by atoms with Crippen LogP contribution in [-0.4, -0.2) is 23.8 Å². The molecule has 4 rings (SSSR count). The van der Waals surface area contributed by atoms with Gasteiger partial charge in [0, 0.05) is 17.7 Å². The van der Waals surface area contributed by atoms with Crippen molar-refractivity contribution in [3.63, 3.8) is 0 Å². The molecule has 2 heteroatoms. The highest BCUT2D eigenvalue weighted by Gasteiger charge is 2.38. The van der Waals surface area contributed by atoms with Crippen LogP contribution in [0.15, 0.2) is 24.3 Å². The van der Waals surface area contributed by atoms with Crippen LogP contribution in [-0.2, 0) is 4.74 Å². The van der Waals surface area contributed by atoms with E-state index in [1.165, 1.54) is 64.2 Å². The lowest BCUT2D eigenvalue weighted by atomic mass is 9.69. The van der Waals surface area contributed by atoms with Gasteiger partial charge in [-0.3, -0.25) is 0 Å². The fraction of sp³-hybridized carbons (Fsp3) is 0.793. The van der Waals surface area contributed by atoms with Crippen molar-refractivity contribution in [3.05, 3.63) is 35.4 Å². The predicted molar refractivity (Wildman–Crippen MR) is 132 cm³/mol. The fourth-order valence-electron chi connectivity index (χ4n) is 7.48. The van der Waals surface area contributed by atoms with Crippen molar-refractivity contribution < 1.29 is 4.74 Å². The van der Waals surface area contributed by atoms with Crippen LogP contribution in [0.3, 0.4) is 0 Å². The van der Waals surface area contributed by atoms with Gasteiger partial charge in [0.2, 0.25) is 0 Å². The van der Waals surface area contributed by atoms with E-state index in [0.717, 1.165) is 24.4 Å². The van der Waals surface area contributed by atoms with Gasteiger partial charge in [0.15, 0.2) is 0 Å². The first kappa shape index (κ1) is 23.3. The molecule has 1 heterocycles. The Labute approximate surface area is 191 Å². The highest BCUT2D eigenvalue weighted by molar-refractivity contribution is 5.29. The summed E-state index contributed by atoms with van der Waals surface area (Å²) in [5.41, 5.74) is 3.57. The Morgan fingerprint density at radius 3 is 1.65 bits per heavy atom. The van der Waals surface area contributed by atoms with E-state index in [2.05, 4.69) is 64.2 Å². The minimum Gasteiger partial charge on any atom is -0.379 e. The van der Waals surface area contributed by atoms with Gasteiger partial charge in [-0.25, -0.2) is 0 Å². The molecular weight excluding hydrogens is 378 g/mol. The van der Waals surface area contributed by atoms with E-state index in [0.29, 0.717) is 12.0 Å². The zero-order valence-electron chi connectivity index (χ0n) is 20.9. The molecule has 1 aliphatic heterocycles. The van der Waals surface area contributed by atoms with Gasteiger partial charge in [-0.15, -0.1) is 0 Å². The summed E-state index contributed by atoms with van der Waals surface area (Å²) in [5.74, 6) is 3.39. The van der Waals surface area contributed by atoms with Gasteiger partial charge in [-0.1, -0.05) is 24.3 Å². The van der Waals surface area contributed by atoms with Gasteiger partial charge >= 0.3 is 0 Å². The van der Waals surface area contributed by atoms with Crippen molar-refractivity contribution >= 4 is 0 Å². The van der Waals surface area contributed by atoms with E-state index < -0.39 is 0 Å². The van der Waals surface area contributed by atoms with E-state index in [1.807, 2.05) is 0 Å². The highest BCUT2D eigenvalue weighted by atomic mass is 16.5. The van der Waals surface area contributed by atoms with Crippen LogP contribution in [0.4, 0.5) is 0 Å². The number of hydrogen-bond acceptors (Lipinski definition) is 2. The number of benzene rings is 1. The molecule has 0 aromatic heterocycles. The molecule has 2 saturated carbocycles. The summed E-state index contributed by atoms with van der Waals surface area (Å²) in [6.07, 6.45) is 14.1. The standard InChI is InChI=1S/C29H47NO/c1-6-31-27-17-15-24(16-18-27)23-9-7-21(8-10-23)22-11-13-25(14-12-22)26-19-28(2,3)30-29(4,5)20-26/h11-14,21,23-24,26-27,30H,6-10,15-20H2,1-5H3. The lowest BCUT2D eigenvalue weighted by Gasteiger charge is -2.46. The molecule has 2 aliphatic carbocycles. The monoisotopic (exact) mass is 425 g/mol. The summed E-state index contributed by atoms with van der Waals surface area (Å²) in [5, 5.41) is 3.83. The Bertz CT molecular complexity index is 674. The van der Waals surface area contributed by atoms with Gasteiger partial charge in [-0.2, -0.15) is 0 Å². The molecule has 0 unspecified atom stereocenters. The topological polar surface area (TPSA) is 21.3 Å². The summed E-state index contributed by atoms with van der Waals surface area (Å²) in [6, 6.07) is 9.85. The molecule has 0 atom stereocenters. The quantitative estimate of drug-likeness (QED) is 0.525. The van der Waals surface area contributed by atoms with Gasteiger partial charge in [0.1, 0.15) is 0 Å². The molecule has 3 fully saturated rings. The van der Waals surface area contributed by atoms with E-state index in [1.54, 1.807) is 11.1 Å². The largest absolute Gasteiger partial charge is 0.379 e. The third kappa shape index (κ3) is 5.93. The first-order chi connectivity index (χ1) is 14.7. The number of ether oxygens (including phenoxy) is 1.